The molecule has 0 spiro atoms. The summed E-state index contributed by atoms with van der Waals surface area (Å²) in [5.74, 6) is -0.730. The quantitative estimate of drug-likeness (QED) is 0.253. The Kier molecular flexibility index (Phi) is 5.21. The highest BCUT2D eigenvalue weighted by atomic mass is 16.3. The van der Waals surface area contributed by atoms with E-state index in [-0.39, 0.29) is 46.3 Å². The molecule has 4 aromatic carbocycles. The summed E-state index contributed by atoms with van der Waals surface area (Å²) in [6.07, 6.45) is 0.698. The summed E-state index contributed by atoms with van der Waals surface area (Å²) >= 11 is 0. The Hall–Kier alpha value is -4.32. The van der Waals surface area contributed by atoms with Gasteiger partial charge in [0, 0.05) is 35.1 Å². The lowest BCUT2D eigenvalue weighted by molar-refractivity contribution is 0.435. The summed E-state index contributed by atoms with van der Waals surface area (Å²) in [4.78, 5) is 0. The van der Waals surface area contributed by atoms with Crippen LogP contribution in [0.25, 0.3) is 0 Å². The van der Waals surface area contributed by atoms with Crippen molar-refractivity contribution < 1.29 is 30.6 Å². The minimum Gasteiger partial charge on any atom is -0.508 e. The highest BCUT2D eigenvalue weighted by molar-refractivity contribution is 5.58. The van der Waals surface area contributed by atoms with E-state index in [2.05, 4.69) is 0 Å². The monoisotopic (exact) mass is 456 g/mol. The molecule has 6 nitrogen and oxygen atoms in total. The average Bonchev–Trinajstić information content (AvgIpc) is 2.76. The van der Waals surface area contributed by atoms with Crippen LogP contribution in [0, 0.1) is 0 Å². The van der Waals surface area contributed by atoms with Gasteiger partial charge in [0.1, 0.15) is 34.5 Å². The van der Waals surface area contributed by atoms with Gasteiger partial charge in [0.05, 0.1) is 0 Å². The van der Waals surface area contributed by atoms with Gasteiger partial charge in [-0.3, -0.25) is 0 Å². The van der Waals surface area contributed by atoms with Gasteiger partial charge in [-0.25, -0.2) is 0 Å². The molecule has 0 radical (unpaired) electrons. The maximum Gasteiger partial charge on any atom is 0.123 e. The van der Waals surface area contributed by atoms with Crippen molar-refractivity contribution in [3.05, 3.63) is 106 Å². The first-order chi connectivity index (χ1) is 16.3. The van der Waals surface area contributed by atoms with Crippen LogP contribution < -0.4 is 0 Å². The van der Waals surface area contributed by atoms with E-state index in [1.807, 2.05) is 0 Å². The van der Waals surface area contributed by atoms with E-state index in [9.17, 15) is 30.6 Å². The van der Waals surface area contributed by atoms with Gasteiger partial charge in [-0.15, -0.1) is 0 Å². The molecule has 0 aromatic heterocycles. The molecule has 1 aliphatic carbocycles. The summed E-state index contributed by atoms with van der Waals surface area (Å²) in [6.45, 7) is 0. The van der Waals surface area contributed by atoms with Crippen LogP contribution in [0.5, 0.6) is 34.5 Å². The van der Waals surface area contributed by atoms with Crippen molar-refractivity contribution in [3.8, 4) is 34.5 Å². The van der Waals surface area contributed by atoms with Crippen molar-refractivity contribution in [1.29, 1.82) is 0 Å². The van der Waals surface area contributed by atoms with Gasteiger partial charge in [0.2, 0.25) is 0 Å². The number of aromatic hydroxyl groups is 6. The molecule has 0 bridgehead atoms. The zero-order valence-electron chi connectivity index (χ0n) is 18.2. The SMILES string of the molecule is Oc1ccc([C@H]2Cc3cc(O)cc(O)c3[C@@H](c3ccc(O)cc3)Cc3cc(O)cc(O)c32)cc1. The highest BCUT2D eigenvalue weighted by Crippen LogP contribution is 2.48. The molecule has 5 rings (SSSR count). The molecule has 0 saturated carbocycles. The minimum atomic E-state index is -0.364. The molecule has 0 aliphatic heterocycles. The maximum absolute atomic E-state index is 10.9. The first kappa shape index (κ1) is 21.5. The molecule has 0 amide bonds. The van der Waals surface area contributed by atoms with Crippen LogP contribution in [0.1, 0.15) is 45.2 Å². The van der Waals surface area contributed by atoms with Gasteiger partial charge in [-0.05, 0) is 71.5 Å². The normalized spacial score (nSPS) is 17.3. The van der Waals surface area contributed by atoms with Crippen LogP contribution >= 0.6 is 0 Å². The van der Waals surface area contributed by atoms with E-state index < -0.39 is 0 Å². The first-order valence-corrected chi connectivity index (χ1v) is 11.0. The lowest BCUT2D eigenvalue weighted by Gasteiger charge is -2.31. The third kappa shape index (κ3) is 3.83. The Morgan fingerprint density at radius 2 is 0.794 bits per heavy atom. The summed E-state index contributed by atoms with van der Waals surface area (Å²) in [6, 6.07) is 19.3. The van der Waals surface area contributed by atoms with Crippen LogP contribution in [-0.4, -0.2) is 30.6 Å². The van der Waals surface area contributed by atoms with E-state index in [0.29, 0.717) is 35.1 Å². The van der Waals surface area contributed by atoms with Gasteiger partial charge in [0.25, 0.3) is 0 Å². The van der Waals surface area contributed by atoms with Crippen LogP contribution in [0.2, 0.25) is 0 Å². The van der Waals surface area contributed by atoms with Crippen molar-refractivity contribution in [2.75, 3.05) is 0 Å². The van der Waals surface area contributed by atoms with Crippen molar-refractivity contribution in [1.82, 2.24) is 0 Å². The van der Waals surface area contributed by atoms with Crippen molar-refractivity contribution in [2.24, 2.45) is 0 Å². The Morgan fingerprint density at radius 3 is 1.15 bits per heavy atom. The fourth-order valence-corrected chi connectivity index (χ4v) is 5.13. The highest BCUT2D eigenvalue weighted by Gasteiger charge is 2.32. The lowest BCUT2D eigenvalue weighted by Crippen LogP contribution is -2.18. The second-order valence-electron chi connectivity index (χ2n) is 8.77. The third-order valence-electron chi connectivity index (χ3n) is 6.59. The molecule has 1 aliphatic rings. The largest absolute Gasteiger partial charge is 0.508 e. The molecule has 0 heterocycles. The predicted octanol–water partition coefficient (Wildman–Crippen LogP) is 4.98. The first-order valence-electron chi connectivity index (χ1n) is 11.0. The summed E-state index contributed by atoms with van der Waals surface area (Å²) in [5, 5.41) is 62.1. The van der Waals surface area contributed by atoms with Crippen LogP contribution in [-0.2, 0) is 12.8 Å². The lowest BCUT2D eigenvalue weighted by atomic mass is 9.73. The maximum atomic E-state index is 10.9. The number of hydrogen-bond acceptors (Lipinski definition) is 6. The van der Waals surface area contributed by atoms with Gasteiger partial charge in [-0.2, -0.15) is 0 Å². The summed E-state index contributed by atoms with van der Waals surface area (Å²) in [7, 11) is 0. The van der Waals surface area contributed by atoms with Gasteiger partial charge in [-0.1, -0.05) is 24.3 Å². The summed E-state index contributed by atoms with van der Waals surface area (Å²) in [5.41, 5.74) is 4.37. The van der Waals surface area contributed by atoms with E-state index in [1.54, 1.807) is 60.7 Å². The van der Waals surface area contributed by atoms with E-state index in [4.69, 9.17) is 0 Å². The Morgan fingerprint density at radius 1 is 0.441 bits per heavy atom. The minimum absolute atomic E-state index is 0.0506. The number of phenols is 6. The smallest absolute Gasteiger partial charge is 0.123 e. The fourth-order valence-electron chi connectivity index (χ4n) is 5.13. The number of phenolic OH excluding ortho intramolecular Hbond substituents is 6. The van der Waals surface area contributed by atoms with Crippen molar-refractivity contribution in [3.63, 3.8) is 0 Å². The van der Waals surface area contributed by atoms with Crippen molar-refractivity contribution in [2.45, 2.75) is 24.7 Å². The number of benzene rings is 4. The van der Waals surface area contributed by atoms with Crippen molar-refractivity contribution >= 4 is 0 Å². The molecule has 34 heavy (non-hydrogen) atoms. The Balaban J connectivity index is 1.78. The summed E-state index contributed by atoms with van der Waals surface area (Å²) < 4.78 is 0. The van der Waals surface area contributed by atoms with E-state index >= 15 is 0 Å². The van der Waals surface area contributed by atoms with Crippen LogP contribution in [0.3, 0.4) is 0 Å². The molecule has 0 saturated heterocycles. The zero-order chi connectivity index (χ0) is 24.0. The van der Waals surface area contributed by atoms with Gasteiger partial charge in [0.15, 0.2) is 0 Å². The topological polar surface area (TPSA) is 121 Å². The standard InChI is InChI=1S/C28H24O6/c29-19-5-1-15(2-6-19)23-11-17-9-21(31)14-26(34)28(17)24(16-3-7-20(30)8-4-16)12-18-10-22(32)13-25(33)27(18)23/h1-10,13-14,23-24,29-34H,11-12H2/t23-,24-/m1/s1. The molecule has 6 heteroatoms. The van der Waals surface area contributed by atoms with Gasteiger partial charge < -0.3 is 30.6 Å². The Bertz CT molecular complexity index is 1250. The molecule has 172 valence electrons. The fraction of sp³-hybridized carbons (Fsp3) is 0.143. The average molecular weight is 456 g/mol. The van der Waals surface area contributed by atoms with Gasteiger partial charge >= 0.3 is 0 Å². The second kappa shape index (κ2) is 8.23. The zero-order valence-corrected chi connectivity index (χ0v) is 18.2. The molecule has 0 unspecified atom stereocenters. The molecular weight excluding hydrogens is 432 g/mol. The van der Waals surface area contributed by atoms with E-state index in [1.165, 1.54) is 12.1 Å². The van der Waals surface area contributed by atoms with E-state index in [0.717, 1.165) is 11.1 Å². The second-order valence-corrected chi connectivity index (χ2v) is 8.77. The molecule has 4 aromatic rings. The molecular formula is C28H24O6. The molecule has 6 N–H and O–H groups in total. The predicted molar refractivity (Wildman–Crippen MR) is 127 cm³/mol. The third-order valence-corrected chi connectivity index (χ3v) is 6.59. The number of hydrogen-bond donors (Lipinski definition) is 6. The molecule has 0 fully saturated rings. The molecule has 2 atom stereocenters. The Labute approximate surface area is 196 Å². The number of fused-ring (bicyclic) bond motifs is 2. The van der Waals surface area contributed by atoms with Crippen LogP contribution in [0.15, 0.2) is 72.8 Å². The number of rotatable bonds is 2. The van der Waals surface area contributed by atoms with Crippen LogP contribution in [0.4, 0.5) is 0 Å².